The summed E-state index contributed by atoms with van der Waals surface area (Å²) in [6, 6.07) is 44.9. The summed E-state index contributed by atoms with van der Waals surface area (Å²) in [7, 11) is -5.38. The fraction of sp³-hybridized carbons (Fsp3) is 0.380. The number of benzene rings is 6. The number of nitrogens with zero attached hydrogens (tertiary/aromatic N) is 4. The van der Waals surface area contributed by atoms with Gasteiger partial charge in [0.15, 0.2) is 0 Å². The number of carbonyl (C=O) groups excluding carboxylic acids is 4. The Kier molecular flexibility index (Phi) is 24.6. The van der Waals surface area contributed by atoms with Crippen LogP contribution >= 0.6 is 46.4 Å². The van der Waals surface area contributed by atoms with Crippen molar-refractivity contribution in [2.75, 3.05) is 13.1 Å². The lowest BCUT2D eigenvalue weighted by Crippen LogP contribution is -2.51. The molecule has 4 amide bonds. The minimum Gasteiger partial charge on any atom is -0.537 e. The highest BCUT2D eigenvalue weighted by Crippen LogP contribution is 2.42. The van der Waals surface area contributed by atoms with Crippen LogP contribution in [-0.4, -0.2) is 119 Å². The molecule has 1 N–H and O–H groups in total. The molecule has 2 aliphatic carbocycles. The SMILES string of the molecule is CC[C@@H]1C(C(=O)N(Cc2cccc(Cl)c2Cl)C2CC2)=C(OS(=O)(=O)C(F)(F)F)CCN1C(=O)OC(C)(C)C.CC[C@@H]1C(C(=O)N(Cc2cccc(Cl)c2Cl)C2CC2)=C(c2cccc(-c3ccccc3)c2)CCN1C(=O)OC(C)(C)C.O[B]Oc1cccc(-c2ccccc2)c1. The molecule has 0 saturated heterocycles. The topological polar surface area (TPSA) is 173 Å². The minimum absolute atomic E-state index is 0.0332. The molecule has 0 spiro atoms. The van der Waals surface area contributed by atoms with Gasteiger partial charge in [0, 0.05) is 50.3 Å². The highest BCUT2D eigenvalue weighted by atomic mass is 35.5. The van der Waals surface area contributed by atoms with E-state index >= 15 is 0 Å². The molecule has 6 aromatic rings. The second-order valence-electron chi connectivity index (χ2n) is 25.2. The zero-order chi connectivity index (χ0) is 69.2. The number of carbonyl (C=O) groups is 4. The van der Waals surface area contributed by atoms with Gasteiger partial charge >= 0.3 is 35.5 Å². The lowest BCUT2D eigenvalue weighted by molar-refractivity contribution is -0.130. The number of hydrogen-bond donors (Lipinski definition) is 1. The normalized spacial score (nSPS) is 16.7. The van der Waals surface area contributed by atoms with E-state index in [1.807, 2.05) is 118 Å². The van der Waals surface area contributed by atoms with Crippen molar-refractivity contribution in [1.82, 2.24) is 19.6 Å². The molecular weight excluding hydrogens is 1330 g/mol. The Morgan fingerprint density at radius 3 is 1.41 bits per heavy atom. The monoisotopic (exact) mass is 1400 g/mol. The van der Waals surface area contributed by atoms with Crippen LogP contribution in [0.5, 0.6) is 5.75 Å². The van der Waals surface area contributed by atoms with Gasteiger partial charge in [-0.1, -0.05) is 176 Å². The fourth-order valence-corrected chi connectivity index (χ4v) is 12.5. The maximum absolute atomic E-state index is 14.8. The Morgan fingerprint density at radius 1 is 0.558 bits per heavy atom. The van der Waals surface area contributed by atoms with E-state index in [0.29, 0.717) is 73.4 Å². The minimum atomic E-state index is -6.07. The molecule has 6 aromatic carbocycles. The van der Waals surface area contributed by atoms with Gasteiger partial charge in [-0.25, -0.2) is 9.59 Å². The highest BCUT2D eigenvalue weighted by Gasteiger charge is 2.51. The Balaban J connectivity index is 0.000000201. The van der Waals surface area contributed by atoms with Gasteiger partial charge in [0.1, 0.15) is 22.7 Å². The van der Waals surface area contributed by atoms with E-state index in [1.54, 1.807) is 62.9 Å². The maximum Gasteiger partial charge on any atom is 0.569 e. The second-order valence-corrected chi connectivity index (χ2v) is 28.3. The molecule has 2 atom stereocenters. The molecule has 505 valence electrons. The van der Waals surface area contributed by atoms with Crippen molar-refractivity contribution in [1.29, 1.82) is 0 Å². The van der Waals surface area contributed by atoms with E-state index in [4.69, 9.17) is 65.6 Å². The molecular formula is C71H77BCl4F3N4O11S. The van der Waals surface area contributed by atoms with E-state index in [9.17, 15) is 40.8 Å². The average molecular weight is 1400 g/mol. The number of amides is 4. The second kappa shape index (κ2) is 31.8. The molecule has 0 unspecified atom stereocenters. The number of rotatable bonds is 17. The van der Waals surface area contributed by atoms with E-state index in [0.717, 1.165) is 51.8 Å². The molecule has 1 radical (unpaired) electrons. The molecule has 24 heteroatoms. The van der Waals surface area contributed by atoms with Crippen LogP contribution in [-0.2, 0) is 46.5 Å². The largest absolute Gasteiger partial charge is 0.569 e. The number of ether oxygens (including phenoxy) is 2. The van der Waals surface area contributed by atoms with Gasteiger partial charge in [0.05, 0.1) is 37.7 Å². The van der Waals surface area contributed by atoms with Crippen molar-refractivity contribution in [2.24, 2.45) is 0 Å². The summed E-state index contributed by atoms with van der Waals surface area (Å²) in [4.78, 5) is 61.5. The van der Waals surface area contributed by atoms with Crippen molar-refractivity contribution in [3.63, 3.8) is 0 Å². The van der Waals surface area contributed by atoms with Crippen molar-refractivity contribution >= 4 is 93.8 Å². The summed E-state index contributed by atoms with van der Waals surface area (Å²) in [5.74, 6) is -0.842. The summed E-state index contributed by atoms with van der Waals surface area (Å²) < 4.78 is 84.2. The van der Waals surface area contributed by atoms with Gasteiger partial charge < -0.3 is 42.9 Å². The van der Waals surface area contributed by atoms with Crippen LogP contribution in [0.2, 0.25) is 20.1 Å². The van der Waals surface area contributed by atoms with Gasteiger partial charge in [0.2, 0.25) is 0 Å². The number of alkyl halides is 3. The van der Waals surface area contributed by atoms with Crippen molar-refractivity contribution in [3.8, 4) is 28.0 Å². The summed E-state index contributed by atoms with van der Waals surface area (Å²) in [5.41, 5.74) is 0.751. The first kappa shape index (κ1) is 73.6. The van der Waals surface area contributed by atoms with Crippen molar-refractivity contribution in [3.05, 3.63) is 199 Å². The molecule has 10 rings (SSSR count). The maximum atomic E-state index is 14.8. The highest BCUT2D eigenvalue weighted by molar-refractivity contribution is 7.87. The van der Waals surface area contributed by atoms with E-state index in [-0.39, 0.29) is 53.1 Å². The number of hydrogen-bond acceptors (Lipinski definition) is 11. The fourth-order valence-electron chi connectivity index (χ4n) is 11.2. The molecule has 2 aliphatic heterocycles. The third-order valence-electron chi connectivity index (χ3n) is 15.9. The first-order valence-corrected chi connectivity index (χ1v) is 34.2. The average Bonchev–Trinajstić information content (AvgIpc) is 1.74. The van der Waals surface area contributed by atoms with E-state index in [2.05, 4.69) is 34.5 Å². The van der Waals surface area contributed by atoms with Crippen molar-refractivity contribution in [2.45, 2.75) is 161 Å². The molecule has 0 bridgehead atoms. The van der Waals surface area contributed by atoms with Crippen LogP contribution < -0.4 is 4.65 Å². The van der Waals surface area contributed by atoms with Crippen molar-refractivity contribution < 1.29 is 64.1 Å². The van der Waals surface area contributed by atoms with Gasteiger partial charge in [-0.05, 0) is 161 Å². The van der Waals surface area contributed by atoms with Crippen LogP contribution in [0.1, 0.15) is 123 Å². The summed E-state index contributed by atoms with van der Waals surface area (Å²) in [5, 5.41) is 9.94. The number of halogens is 7. The molecule has 2 saturated carbocycles. The Labute approximate surface area is 575 Å². The predicted molar refractivity (Wildman–Crippen MR) is 366 cm³/mol. The summed E-state index contributed by atoms with van der Waals surface area (Å²) in [6.07, 6.45) is 2.70. The third-order valence-corrected chi connectivity index (χ3v) is 18.6. The van der Waals surface area contributed by atoms with Crippen LogP contribution in [0.15, 0.2) is 162 Å². The Bertz CT molecular complexity index is 3900. The van der Waals surface area contributed by atoms with Gasteiger partial charge in [-0.2, -0.15) is 21.6 Å². The van der Waals surface area contributed by atoms with Gasteiger partial charge in [-0.3, -0.25) is 9.59 Å². The molecule has 95 heavy (non-hydrogen) atoms. The molecule has 2 heterocycles. The Hall–Kier alpha value is -7.20. The molecule has 0 aromatic heterocycles. The van der Waals surface area contributed by atoms with Crippen LogP contribution in [0.25, 0.3) is 27.8 Å². The Morgan fingerprint density at radius 2 is 0.968 bits per heavy atom. The van der Waals surface area contributed by atoms with E-state index in [1.165, 1.54) is 9.80 Å². The lowest BCUT2D eigenvalue weighted by Gasteiger charge is -2.40. The zero-order valence-corrected chi connectivity index (χ0v) is 57.9. The summed E-state index contributed by atoms with van der Waals surface area (Å²) in [6.45, 7) is 14.7. The van der Waals surface area contributed by atoms with Crippen LogP contribution in [0.4, 0.5) is 22.8 Å². The summed E-state index contributed by atoms with van der Waals surface area (Å²) >= 11 is 25.4. The van der Waals surface area contributed by atoms with Gasteiger partial charge in [0.25, 0.3) is 11.8 Å². The molecule has 15 nitrogen and oxygen atoms in total. The predicted octanol–water partition coefficient (Wildman–Crippen LogP) is 17.3. The lowest BCUT2D eigenvalue weighted by atomic mass is 9.85. The standard InChI is InChI=1S/C35H38Cl2N2O3.C24H29Cl2F3N2O6S.C12H10BO2/c1-5-30-31(33(40)39(27-17-18-27)22-26-15-10-16-29(36)32(26)37)28(19-20-38(30)34(41)42-35(2,3)4)25-14-9-13-24(21-25)23-11-7-6-8-12-23;1-5-17-19(21(32)31(15-9-10-15)13-14-7-6-8-16(25)20(14)26)18(37-38(34,35)24(27,28)29)11-12-30(17)22(33)36-23(2,3)4;14-13-15-12-8-4-7-11(9-12)10-5-2-1-3-6-10/h6-16,21,27,30H,5,17-20,22H2,1-4H3;6-8,15,17H,5,9-13H2,1-4H3;1-9,14H/t30-;17-;/m11./s1. The third kappa shape index (κ3) is 19.3. The first-order valence-electron chi connectivity index (χ1n) is 31.3. The van der Waals surface area contributed by atoms with Crippen LogP contribution in [0.3, 0.4) is 0 Å². The van der Waals surface area contributed by atoms with Gasteiger partial charge in [-0.15, -0.1) is 0 Å². The molecule has 4 aliphatic rings. The van der Waals surface area contributed by atoms with Crippen LogP contribution in [0, 0.1) is 0 Å². The quantitative estimate of drug-likeness (QED) is 0.0523. The smallest absolute Gasteiger partial charge is 0.537 e. The van der Waals surface area contributed by atoms with E-state index < -0.39 is 69.2 Å². The first-order chi connectivity index (χ1) is 44.9. The molecule has 2 fully saturated rings. The zero-order valence-electron chi connectivity index (χ0n) is 54.1.